The second kappa shape index (κ2) is 4.04. The monoisotopic (exact) mass is 219 g/mol. The van der Waals surface area contributed by atoms with E-state index < -0.39 is 15.2 Å². The van der Waals surface area contributed by atoms with Crippen molar-refractivity contribution in [3.63, 3.8) is 0 Å². The van der Waals surface area contributed by atoms with Crippen molar-refractivity contribution in [1.82, 2.24) is 0 Å². The molecule has 0 atom stereocenters. The Morgan fingerprint density at radius 3 is 1.93 bits per heavy atom. The summed E-state index contributed by atoms with van der Waals surface area (Å²) in [6.07, 6.45) is -4.60. The molecule has 0 aliphatic carbocycles. The van der Waals surface area contributed by atoms with Gasteiger partial charge in [-0.15, -0.1) is 13.2 Å². The molecule has 0 amide bonds. The van der Waals surface area contributed by atoms with Gasteiger partial charge < -0.3 is 4.74 Å². The first kappa shape index (κ1) is 11.1. The summed E-state index contributed by atoms with van der Waals surface area (Å²) in [6.45, 7) is 4.15. The van der Waals surface area contributed by atoms with Crippen molar-refractivity contribution in [3.05, 3.63) is 24.3 Å². The third-order valence-corrected chi connectivity index (χ3v) is 3.15. The molecule has 0 saturated heterocycles. The fourth-order valence-electron chi connectivity index (χ4n) is 0.990. The van der Waals surface area contributed by atoms with Gasteiger partial charge in [-0.3, -0.25) is 0 Å². The Morgan fingerprint density at radius 1 is 1.07 bits per heavy atom. The number of hydrogen-bond acceptors (Lipinski definition) is 1. The molecule has 1 rings (SSSR count). The van der Waals surface area contributed by atoms with Crippen LogP contribution in [0, 0.1) is 0 Å². The maximum Gasteiger partial charge on any atom is 0.573 e. The standard InChI is InChI=1S/C9H10F3OSi/c1-14(2)8-5-3-7(4-6-8)13-9(10,11)12/h3-6H,1-2H3. The smallest absolute Gasteiger partial charge is 0.406 e. The van der Waals surface area contributed by atoms with Crippen molar-refractivity contribution >= 4 is 14.0 Å². The first-order chi connectivity index (χ1) is 6.38. The van der Waals surface area contributed by atoms with E-state index in [9.17, 15) is 13.2 Å². The van der Waals surface area contributed by atoms with Crippen molar-refractivity contribution in [3.8, 4) is 5.75 Å². The lowest BCUT2D eigenvalue weighted by Gasteiger charge is -2.09. The molecule has 0 saturated carbocycles. The Hall–Kier alpha value is -0.973. The quantitative estimate of drug-likeness (QED) is 0.694. The molecule has 0 fully saturated rings. The van der Waals surface area contributed by atoms with E-state index in [4.69, 9.17) is 0 Å². The van der Waals surface area contributed by atoms with Crippen LogP contribution in [0.5, 0.6) is 5.75 Å². The highest BCUT2D eigenvalue weighted by molar-refractivity contribution is 6.70. The van der Waals surface area contributed by atoms with Crippen LogP contribution in [0.15, 0.2) is 24.3 Å². The lowest BCUT2D eigenvalue weighted by Crippen LogP contribution is -2.22. The fourth-order valence-corrected chi connectivity index (χ4v) is 1.82. The average Bonchev–Trinajstić information content (AvgIpc) is 2.02. The van der Waals surface area contributed by atoms with Gasteiger partial charge in [0.05, 0.1) is 8.80 Å². The van der Waals surface area contributed by atoms with E-state index in [1.807, 2.05) is 0 Å². The van der Waals surface area contributed by atoms with Crippen molar-refractivity contribution in [2.75, 3.05) is 0 Å². The van der Waals surface area contributed by atoms with Crippen LogP contribution < -0.4 is 9.92 Å². The van der Waals surface area contributed by atoms with Crippen LogP contribution in [0.2, 0.25) is 13.1 Å². The second-order valence-electron chi connectivity index (χ2n) is 3.07. The van der Waals surface area contributed by atoms with Gasteiger partial charge in [-0.1, -0.05) is 30.4 Å². The van der Waals surface area contributed by atoms with Crippen LogP contribution in [0.25, 0.3) is 0 Å². The molecule has 1 radical (unpaired) electrons. The molecule has 0 aromatic heterocycles. The molecule has 77 valence electrons. The molecule has 0 bridgehead atoms. The summed E-state index contributed by atoms with van der Waals surface area (Å²) >= 11 is 0. The van der Waals surface area contributed by atoms with E-state index in [1.165, 1.54) is 12.1 Å². The van der Waals surface area contributed by atoms with Crippen LogP contribution in [-0.2, 0) is 0 Å². The molecule has 0 heterocycles. The molecule has 0 N–H and O–H groups in total. The molecule has 1 aromatic carbocycles. The van der Waals surface area contributed by atoms with E-state index >= 15 is 0 Å². The number of alkyl halides is 3. The number of benzene rings is 1. The Labute approximate surface area is 82.1 Å². The number of ether oxygens (including phenoxy) is 1. The van der Waals surface area contributed by atoms with Crippen molar-refractivity contribution in [2.24, 2.45) is 0 Å². The Kier molecular flexibility index (Phi) is 3.20. The summed E-state index contributed by atoms with van der Waals surface area (Å²) in [6, 6.07) is 6.05. The summed E-state index contributed by atoms with van der Waals surface area (Å²) in [4.78, 5) is 0. The molecular formula is C9H10F3OSi. The van der Waals surface area contributed by atoms with Gasteiger partial charge in [0.25, 0.3) is 0 Å². The van der Waals surface area contributed by atoms with Crippen LogP contribution in [-0.4, -0.2) is 15.2 Å². The largest absolute Gasteiger partial charge is 0.573 e. The molecule has 5 heteroatoms. The van der Waals surface area contributed by atoms with Crippen LogP contribution >= 0.6 is 0 Å². The highest BCUT2D eigenvalue weighted by Crippen LogP contribution is 2.21. The molecule has 0 aliphatic rings. The summed E-state index contributed by atoms with van der Waals surface area (Å²) in [7, 11) is -0.609. The maximum absolute atomic E-state index is 11.8. The summed E-state index contributed by atoms with van der Waals surface area (Å²) in [5, 5.41) is 1.09. The number of rotatable bonds is 2. The van der Waals surface area contributed by atoms with Gasteiger partial charge in [0.1, 0.15) is 5.75 Å². The summed E-state index contributed by atoms with van der Waals surface area (Å²) in [5.74, 6) is -0.162. The lowest BCUT2D eigenvalue weighted by atomic mass is 10.3. The minimum Gasteiger partial charge on any atom is -0.406 e. The van der Waals surface area contributed by atoms with E-state index in [0.717, 1.165) is 5.19 Å². The summed E-state index contributed by atoms with van der Waals surface area (Å²) in [5.41, 5.74) is 0. The van der Waals surface area contributed by atoms with E-state index in [2.05, 4.69) is 17.8 Å². The first-order valence-corrected chi connectivity index (χ1v) is 6.55. The SMILES string of the molecule is C[Si](C)c1ccc(OC(F)(F)F)cc1. The minimum atomic E-state index is -4.60. The molecule has 1 nitrogen and oxygen atoms in total. The van der Waals surface area contributed by atoms with Gasteiger partial charge in [0.2, 0.25) is 0 Å². The topological polar surface area (TPSA) is 9.23 Å². The average molecular weight is 219 g/mol. The van der Waals surface area contributed by atoms with Crippen LogP contribution in [0.4, 0.5) is 13.2 Å². The summed E-state index contributed by atoms with van der Waals surface area (Å²) < 4.78 is 39.1. The molecule has 0 aliphatic heterocycles. The zero-order valence-corrected chi connectivity index (χ0v) is 8.85. The van der Waals surface area contributed by atoms with Crippen molar-refractivity contribution in [2.45, 2.75) is 19.5 Å². The highest BCUT2D eigenvalue weighted by Gasteiger charge is 2.30. The van der Waals surface area contributed by atoms with Gasteiger partial charge >= 0.3 is 6.36 Å². The first-order valence-electron chi connectivity index (χ1n) is 4.05. The Balaban J connectivity index is 2.74. The van der Waals surface area contributed by atoms with Crippen LogP contribution in [0.1, 0.15) is 0 Å². The Bertz CT molecular complexity index is 292. The van der Waals surface area contributed by atoms with Gasteiger partial charge in [0, 0.05) is 0 Å². The van der Waals surface area contributed by atoms with Crippen molar-refractivity contribution < 1.29 is 17.9 Å². The molecule has 0 spiro atoms. The highest BCUT2D eigenvalue weighted by atomic mass is 28.3. The van der Waals surface area contributed by atoms with Gasteiger partial charge in [-0.25, -0.2) is 0 Å². The van der Waals surface area contributed by atoms with Crippen molar-refractivity contribution in [1.29, 1.82) is 0 Å². The molecule has 14 heavy (non-hydrogen) atoms. The van der Waals surface area contributed by atoms with Gasteiger partial charge in [-0.05, 0) is 12.1 Å². The third kappa shape index (κ3) is 3.41. The van der Waals surface area contributed by atoms with Gasteiger partial charge in [-0.2, -0.15) is 0 Å². The molecule has 0 unspecified atom stereocenters. The van der Waals surface area contributed by atoms with Gasteiger partial charge in [0.15, 0.2) is 0 Å². The molecule has 1 aromatic rings. The normalized spacial score (nSPS) is 11.9. The zero-order chi connectivity index (χ0) is 10.8. The molecular weight excluding hydrogens is 209 g/mol. The minimum absolute atomic E-state index is 0.162. The number of hydrogen-bond donors (Lipinski definition) is 0. The van der Waals surface area contributed by atoms with Crippen LogP contribution in [0.3, 0.4) is 0 Å². The lowest BCUT2D eigenvalue weighted by molar-refractivity contribution is -0.274. The number of halogens is 3. The van der Waals surface area contributed by atoms with E-state index in [-0.39, 0.29) is 5.75 Å². The fraction of sp³-hybridized carbons (Fsp3) is 0.333. The predicted molar refractivity (Wildman–Crippen MR) is 50.2 cm³/mol. The van der Waals surface area contributed by atoms with E-state index in [1.54, 1.807) is 12.1 Å². The zero-order valence-electron chi connectivity index (χ0n) is 7.85. The maximum atomic E-state index is 11.8. The Morgan fingerprint density at radius 2 is 1.57 bits per heavy atom. The third-order valence-electron chi connectivity index (χ3n) is 1.67. The second-order valence-corrected chi connectivity index (χ2v) is 5.65. The predicted octanol–water partition coefficient (Wildman–Crippen LogP) is 2.55. The van der Waals surface area contributed by atoms with E-state index in [0.29, 0.717) is 0 Å².